The normalized spacial score (nSPS) is 16.9. The highest BCUT2D eigenvalue weighted by molar-refractivity contribution is 7.88. The van der Waals surface area contributed by atoms with Gasteiger partial charge in [0.25, 0.3) is 5.91 Å². The first kappa shape index (κ1) is 40.9. The average molecular weight is 797 g/mol. The van der Waals surface area contributed by atoms with Gasteiger partial charge in [0.1, 0.15) is 17.1 Å². The van der Waals surface area contributed by atoms with E-state index in [-0.39, 0.29) is 39.0 Å². The van der Waals surface area contributed by atoms with Crippen LogP contribution in [0, 0.1) is 0 Å². The number of sulfonamides is 1. The van der Waals surface area contributed by atoms with Crippen LogP contribution in [-0.2, 0) is 53.5 Å². The molecule has 54 heavy (non-hydrogen) atoms. The minimum atomic E-state index is -3.83. The van der Waals surface area contributed by atoms with E-state index in [0.717, 1.165) is 27.6 Å². The summed E-state index contributed by atoms with van der Waals surface area (Å²) in [6.45, 7) is 0.551. The van der Waals surface area contributed by atoms with Crippen LogP contribution in [-0.4, -0.2) is 85.4 Å². The first-order valence-corrected chi connectivity index (χ1v) is 20.8. The molecule has 1 saturated heterocycles. The van der Waals surface area contributed by atoms with Crippen molar-refractivity contribution in [1.82, 2.24) is 25.2 Å². The highest BCUT2D eigenvalue weighted by Gasteiger charge is 2.43. The zero-order chi connectivity index (χ0) is 38.7. The van der Waals surface area contributed by atoms with E-state index in [0.29, 0.717) is 35.8 Å². The van der Waals surface area contributed by atoms with Crippen LogP contribution in [0.2, 0.25) is 5.02 Å². The summed E-state index contributed by atoms with van der Waals surface area (Å²) in [6.07, 6.45) is 2.13. The van der Waals surface area contributed by atoms with E-state index in [9.17, 15) is 27.6 Å². The quantitative estimate of drug-likeness (QED) is 0.0814. The maximum Gasteiger partial charge on any atom is 0.289 e. The van der Waals surface area contributed by atoms with Crippen LogP contribution in [0.15, 0.2) is 78.9 Å². The first-order chi connectivity index (χ1) is 25.9. The maximum atomic E-state index is 14.2. The lowest BCUT2D eigenvalue weighted by Crippen LogP contribution is -2.56. The second kappa shape index (κ2) is 19.4. The number of rotatable bonds is 19. The molecule has 0 unspecified atom stereocenters. The number of aryl methyl sites for hydroxylation is 1. The SMILES string of the molecule is CS(=O)(=O)N[C@H](CCc1ccccc1)C(=O)N1C[C@H](OCc2ccc(Cl)cc2)C[C@H]1C(=O)N[C@@H](CCCCN)C(=O)C(=O)NCc1nc2ccccc2s1. The Balaban J connectivity index is 1.33. The van der Waals surface area contributed by atoms with Crippen LogP contribution in [0.4, 0.5) is 0 Å². The van der Waals surface area contributed by atoms with E-state index >= 15 is 0 Å². The van der Waals surface area contributed by atoms with Crippen molar-refractivity contribution in [3.8, 4) is 0 Å². The van der Waals surface area contributed by atoms with Gasteiger partial charge in [0, 0.05) is 18.0 Å². The van der Waals surface area contributed by atoms with E-state index in [1.165, 1.54) is 16.2 Å². The van der Waals surface area contributed by atoms with Crippen LogP contribution in [0.5, 0.6) is 0 Å². The molecular weight excluding hydrogens is 752 g/mol. The van der Waals surface area contributed by atoms with Gasteiger partial charge in [0.2, 0.25) is 27.6 Å². The van der Waals surface area contributed by atoms with Crippen LogP contribution >= 0.6 is 22.9 Å². The molecule has 5 rings (SSSR count). The molecule has 3 amide bonds. The van der Waals surface area contributed by atoms with Crippen molar-refractivity contribution >= 4 is 66.7 Å². The molecule has 0 saturated carbocycles. The molecule has 0 aliphatic carbocycles. The summed E-state index contributed by atoms with van der Waals surface area (Å²) in [6, 6.07) is 20.4. The number of carbonyl (C=O) groups excluding carboxylic acids is 4. The second-order valence-electron chi connectivity index (χ2n) is 13.2. The third kappa shape index (κ3) is 11.9. The van der Waals surface area contributed by atoms with Crippen molar-refractivity contribution in [2.24, 2.45) is 5.73 Å². The van der Waals surface area contributed by atoms with Gasteiger partial charge in [-0.15, -0.1) is 11.3 Å². The fourth-order valence-corrected chi connectivity index (χ4v) is 8.05. The molecule has 4 aromatic rings. The molecule has 0 radical (unpaired) electrons. The number of fused-ring (bicyclic) bond motifs is 1. The predicted molar refractivity (Wildman–Crippen MR) is 208 cm³/mol. The average Bonchev–Trinajstić information content (AvgIpc) is 3.79. The topological polar surface area (TPSA) is 190 Å². The number of aromatic nitrogens is 1. The minimum Gasteiger partial charge on any atom is -0.372 e. The molecule has 5 N–H and O–H groups in total. The zero-order valence-electron chi connectivity index (χ0n) is 29.9. The summed E-state index contributed by atoms with van der Waals surface area (Å²) < 4.78 is 34.5. The van der Waals surface area contributed by atoms with Gasteiger partial charge in [0.05, 0.1) is 41.8 Å². The van der Waals surface area contributed by atoms with Gasteiger partial charge >= 0.3 is 0 Å². The molecule has 1 aliphatic heterocycles. The van der Waals surface area contributed by atoms with Crippen molar-refractivity contribution in [2.75, 3.05) is 19.3 Å². The third-order valence-corrected chi connectivity index (χ3v) is 11.0. The van der Waals surface area contributed by atoms with E-state index < -0.39 is 57.8 Å². The number of hydrogen-bond donors (Lipinski definition) is 4. The highest BCUT2D eigenvalue weighted by Crippen LogP contribution is 2.25. The largest absolute Gasteiger partial charge is 0.372 e. The number of ether oxygens (including phenoxy) is 1. The van der Waals surface area contributed by atoms with E-state index in [1.807, 2.05) is 54.6 Å². The van der Waals surface area contributed by atoms with Crippen LogP contribution < -0.4 is 21.1 Å². The van der Waals surface area contributed by atoms with Crippen molar-refractivity contribution in [3.05, 3.63) is 100 Å². The number of ketones is 1. The predicted octanol–water partition coefficient (Wildman–Crippen LogP) is 3.49. The Morgan fingerprint density at radius 3 is 2.39 bits per heavy atom. The highest BCUT2D eigenvalue weighted by atomic mass is 35.5. The van der Waals surface area contributed by atoms with E-state index in [4.69, 9.17) is 22.1 Å². The third-order valence-electron chi connectivity index (χ3n) is 9.01. The Bertz CT molecular complexity index is 1980. The standard InChI is InChI=1S/C38H45ClN6O7S2/c1-54(50,51)44-31(19-16-25-9-3-2-4-10-25)38(49)45-23-28(52-24-26-14-17-27(39)18-15-26)21-32(45)36(47)43-30(12-7-8-20-40)35(46)37(48)41-22-34-42-29-11-5-6-13-33(29)53-34/h2-6,9-11,13-15,17-18,28,30-32,44H,7-8,12,16,19-24,40H2,1H3,(H,41,48)(H,43,47)/t28-,30+,31-,32+/m1/s1. The smallest absolute Gasteiger partial charge is 0.289 e. The van der Waals surface area contributed by atoms with Gasteiger partial charge in [-0.3, -0.25) is 19.2 Å². The summed E-state index contributed by atoms with van der Waals surface area (Å²) in [5.74, 6) is -2.98. The number of unbranched alkanes of at least 4 members (excludes halogenated alkanes) is 1. The Morgan fingerprint density at radius 2 is 1.69 bits per heavy atom. The number of carbonyl (C=O) groups is 4. The molecular formula is C38H45ClN6O7S2. The number of Topliss-reactive ketones (excluding diaryl/α,β-unsaturated/α-hetero) is 1. The molecule has 1 fully saturated rings. The number of hydrogen-bond acceptors (Lipinski definition) is 10. The molecule has 1 aromatic heterocycles. The Kier molecular flexibility index (Phi) is 14.7. The first-order valence-electron chi connectivity index (χ1n) is 17.7. The lowest BCUT2D eigenvalue weighted by Gasteiger charge is -2.29. The van der Waals surface area contributed by atoms with Gasteiger partial charge in [-0.2, -0.15) is 0 Å². The monoisotopic (exact) mass is 796 g/mol. The van der Waals surface area contributed by atoms with Gasteiger partial charge < -0.3 is 26.0 Å². The van der Waals surface area contributed by atoms with Crippen molar-refractivity contribution in [3.63, 3.8) is 0 Å². The zero-order valence-corrected chi connectivity index (χ0v) is 32.3. The van der Waals surface area contributed by atoms with Gasteiger partial charge in [-0.1, -0.05) is 66.2 Å². The second-order valence-corrected chi connectivity index (χ2v) is 16.6. The van der Waals surface area contributed by atoms with E-state index in [1.54, 1.807) is 24.3 Å². The Labute approximate surface area is 324 Å². The summed E-state index contributed by atoms with van der Waals surface area (Å²) in [4.78, 5) is 60.9. The van der Waals surface area contributed by atoms with Gasteiger partial charge in [0.15, 0.2) is 0 Å². The molecule has 4 atom stereocenters. The number of para-hydroxylation sites is 1. The van der Waals surface area contributed by atoms with Crippen LogP contribution in [0.25, 0.3) is 10.2 Å². The lowest BCUT2D eigenvalue weighted by atomic mass is 10.0. The summed E-state index contributed by atoms with van der Waals surface area (Å²) in [5, 5.41) is 6.56. The minimum absolute atomic E-state index is 0.00771. The summed E-state index contributed by atoms with van der Waals surface area (Å²) in [7, 11) is -3.83. The van der Waals surface area contributed by atoms with Gasteiger partial charge in [-0.25, -0.2) is 18.1 Å². The van der Waals surface area contributed by atoms with E-state index in [2.05, 4.69) is 20.3 Å². The molecule has 3 aromatic carbocycles. The fourth-order valence-electron chi connectivity index (χ4n) is 6.28. The number of amides is 3. The molecule has 16 heteroatoms. The number of benzene rings is 3. The molecule has 2 heterocycles. The number of nitrogens with two attached hydrogens (primary N) is 1. The van der Waals surface area contributed by atoms with Crippen molar-refractivity contribution in [2.45, 2.75) is 75.9 Å². The Hall–Kier alpha value is -4.25. The van der Waals surface area contributed by atoms with Gasteiger partial charge in [-0.05, 0) is 74.0 Å². The van der Waals surface area contributed by atoms with Crippen LogP contribution in [0.1, 0.15) is 48.2 Å². The maximum absolute atomic E-state index is 14.2. The number of nitrogens with one attached hydrogen (secondary N) is 3. The number of thiazole rings is 1. The molecule has 13 nitrogen and oxygen atoms in total. The summed E-state index contributed by atoms with van der Waals surface area (Å²) >= 11 is 7.43. The Morgan fingerprint density at radius 1 is 0.963 bits per heavy atom. The molecule has 1 aliphatic rings. The number of halogens is 1. The summed E-state index contributed by atoms with van der Waals surface area (Å²) in [5.41, 5.74) is 8.22. The van der Waals surface area contributed by atoms with Crippen molar-refractivity contribution in [1.29, 1.82) is 0 Å². The van der Waals surface area contributed by atoms with Crippen molar-refractivity contribution < 1.29 is 32.3 Å². The fraction of sp³-hybridized carbons (Fsp3) is 0.395. The lowest BCUT2D eigenvalue weighted by molar-refractivity contribution is -0.142. The molecule has 0 bridgehead atoms. The number of nitrogens with zero attached hydrogens (tertiary/aromatic N) is 2. The van der Waals surface area contributed by atoms with Crippen LogP contribution in [0.3, 0.4) is 0 Å². The number of likely N-dealkylation sites (tertiary alicyclic amines) is 1. The molecule has 0 spiro atoms. The molecule has 288 valence electrons.